The summed E-state index contributed by atoms with van der Waals surface area (Å²) in [6, 6.07) is -3.68. The number of carbonyl (C=O) groups excluding carboxylic acids is 6. The van der Waals surface area contributed by atoms with E-state index in [9.17, 15) is 28.8 Å². The molecule has 5 amide bonds. The van der Waals surface area contributed by atoms with E-state index in [1.54, 1.807) is 4.90 Å². The number of carbonyl (C=O) groups is 6. The Morgan fingerprint density at radius 2 is 1.63 bits per heavy atom. The van der Waals surface area contributed by atoms with Crippen molar-refractivity contribution in [3.63, 3.8) is 0 Å². The van der Waals surface area contributed by atoms with Gasteiger partial charge in [-0.05, 0) is 68.1 Å². The van der Waals surface area contributed by atoms with E-state index in [0.29, 0.717) is 19.4 Å². The van der Waals surface area contributed by atoms with Crippen molar-refractivity contribution < 1.29 is 28.8 Å². The summed E-state index contributed by atoms with van der Waals surface area (Å²) >= 11 is 0. The van der Waals surface area contributed by atoms with Crippen LogP contribution in [0.15, 0.2) is 18.6 Å². The Hall–Kier alpha value is -3.90. The van der Waals surface area contributed by atoms with E-state index in [1.807, 2.05) is 27.7 Å². The van der Waals surface area contributed by atoms with Gasteiger partial charge < -0.3 is 26.2 Å². The van der Waals surface area contributed by atoms with Gasteiger partial charge in [-0.3, -0.25) is 33.8 Å². The van der Waals surface area contributed by atoms with Crippen LogP contribution in [0.5, 0.6) is 0 Å². The normalized spacial score (nSPS) is 24.2. The molecule has 4 N–H and O–H groups in total. The molecule has 0 spiro atoms. The van der Waals surface area contributed by atoms with E-state index in [2.05, 4.69) is 31.2 Å². The van der Waals surface area contributed by atoms with Crippen molar-refractivity contribution in [2.75, 3.05) is 6.54 Å². The average molecular weight is 680 g/mol. The number of aromatic nitrogens is 2. The summed E-state index contributed by atoms with van der Waals surface area (Å²) < 4.78 is 0. The molecule has 0 aromatic carbocycles. The zero-order valence-corrected chi connectivity index (χ0v) is 29.3. The molecular weight excluding hydrogens is 626 g/mol. The van der Waals surface area contributed by atoms with Crippen molar-refractivity contribution in [1.29, 1.82) is 0 Å². The molecule has 1 aliphatic heterocycles. The highest BCUT2D eigenvalue weighted by molar-refractivity contribution is 6.38. The standard InChI is InChI=1S/C36H53N7O6/c1-5-10-25(29(44)34(48)39-23-15-16-23)40-33(47)28-24-14-9-13-22(24)20-43(28)35(49)30(36(2,3)4)42-32(46)27(21-11-7-6-8-12-21)41-31(45)26-19-37-17-18-38-26/h17-19,21-25,27-28,30H,5-16,20H2,1-4H3,(H,39,48)(H,40,47)(H,41,45)(H,42,46)/t22-,24-,25?,27-,28-,30?/m0/s1. The maximum absolute atomic E-state index is 14.6. The van der Waals surface area contributed by atoms with Crippen LogP contribution in [0.25, 0.3) is 0 Å². The molecule has 1 saturated heterocycles. The number of Topliss-reactive ketones (excluding diaryl/α,β-unsaturated/α-hetero) is 1. The van der Waals surface area contributed by atoms with Crippen LogP contribution in [0.1, 0.15) is 115 Å². The molecule has 4 aliphatic rings. The Bertz CT molecular complexity index is 1390. The molecular formula is C36H53N7O6. The van der Waals surface area contributed by atoms with E-state index in [0.717, 1.165) is 64.2 Å². The van der Waals surface area contributed by atoms with Gasteiger partial charge in [-0.1, -0.05) is 59.8 Å². The number of ketones is 1. The van der Waals surface area contributed by atoms with Crippen LogP contribution in [0.4, 0.5) is 0 Å². The summed E-state index contributed by atoms with van der Waals surface area (Å²) in [5, 5.41) is 11.5. The zero-order chi connectivity index (χ0) is 35.3. The van der Waals surface area contributed by atoms with Gasteiger partial charge in [0.1, 0.15) is 23.8 Å². The second kappa shape index (κ2) is 15.8. The van der Waals surface area contributed by atoms with Crippen LogP contribution in [0.3, 0.4) is 0 Å². The molecule has 3 aliphatic carbocycles. The number of amides is 5. The zero-order valence-electron chi connectivity index (χ0n) is 29.3. The highest BCUT2D eigenvalue weighted by Gasteiger charge is 2.52. The Balaban J connectivity index is 1.36. The molecule has 13 nitrogen and oxygen atoms in total. The minimum Gasteiger partial charge on any atom is -0.347 e. The van der Waals surface area contributed by atoms with E-state index in [-0.39, 0.29) is 35.4 Å². The average Bonchev–Trinajstić information content (AvgIpc) is 3.65. The van der Waals surface area contributed by atoms with Gasteiger partial charge in [0.05, 0.1) is 12.2 Å². The predicted octanol–water partition coefficient (Wildman–Crippen LogP) is 2.45. The smallest absolute Gasteiger partial charge is 0.289 e. The summed E-state index contributed by atoms with van der Waals surface area (Å²) in [6.45, 7) is 7.85. The van der Waals surface area contributed by atoms with E-state index in [4.69, 9.17) is 0 Å². The fourth-order valence-electron chi connectivity index (χ4n) is 7.87. The fourth-order valence-corrected chi connectivity index (χ4v) is 7.87. The van der Waals surface area contributed by atoms with Crippen LogP contribution < -0.4 is 21.3 Å². The first-order chi connectivity index (χ1) is 23.4. The molecule has 5 rings (SSSR count). The molecule has 268 valence electrons. The molecule has 2 unspecified atom stereocenters. The topological polar surface area (TPSA) is 180 Å². The number of fused-ring (bicyclic) bond motifs is 1. The predicted molar refractivity (Wildman–Crippen MR) is 181 cm³/mol. The first-order valence-electron chi connectivity index (χ1n) is 18.2. The Kier molecular flexibility index (Phi) is 11.7. The van der Waals surface area contributed by atoms with Crippen LogP contribution >= 0.6 is 0 Å². The summed E-state index contributed by atoms with van der Waals surface area (Å²) in [6.07, 6.45) is 13.9. The largest absolute Gasteiger partial charge is 0.347 e. The minimum atomic E-state index is -0.994. The summed E-state index contributed by atoms with van der Waals surface area (Å²) in [4.78, 5) is 91.4. The van der Waals surface area contributed by atoms with Crippen LogP contribution in [0.2, 0.25) is 0 Å². The molecule has 1 aromatic rings. The molecule has 0 radical (unpaired) electrons. The first kappa shape index (κ1) is 36.4. The lowest BCUT2D eigenvalue weighted by molar-refractivity contribution is -0.146. The summed E-state index contributed by atoms with van der Waals surface area (Å²) in [5.41, 5.74) is -0.638. The summed E-state index contributed by atoms with van der Waals surface area (Å²) in [5.74, 6) is -3.20. The lowest BCUT2D eigenvalue weighted by Crippen LogP contribution is -2.62. The highest BCUT2D eigenvalue weighted by Crippen LogP contribution is 2.43. The van der Waals surface area contributed by atoms with Crippen molar-refractivity contribution in [3.8, 4) is 0 Å². The van der Waals surface area contributed by atoms with Crippen LogP contribution in [0, 0.1) is 23.2 Å². The molecule has 4 fully saturated rings. The molecule has 3 saturated carbocycles. The molecule has 6 atom stereocenters. The number of hydrogen-bond donors (Lipinski definition) is 4. The SMILES string of the molecule is CCCC(NC(=O)[C@@H]1[C@H]2CCC[C@H]2CN1C(=O)C(NC(=O)[C@@H](NC(=O)c1cnccn1)C1CCCCC1)C(C)(C)C)C(=O)C(=O)NC1CC1. The Morgan fingerprint density at radius 1 is 0.898 bits per heavy atom. The van der Waals surface area contributed by atoms with Crippen molar-refractivity contribution in [1.82, 2.24) is 36.1 Å². The number of nitrogens with one attached hydrogen (secondary N) is 4. The van der Waals surface area contributed by atoms with Crippen LogP contribution in [-0.4, -0.2) is 86.9 Å². The van der Waals surface area contributed by atoms with Gasteiger partial charge in [-0.25, -0.2) is 4.98 Å². The Morgan fingerprint density at radius 3 is 2.27 bits per heavy atom. The second-order valence-corrected chi connectivity index (χ2v) is 15.5. The van der Waals surface area contributed by atoms with E-state index >= 15 is 0 Å². The van der Waals surface area contributed by atoms with Gasteiger partial charge in [-0.15, -0.1) is 0 Å². The van der Waals surface area contributed by atoms with Gasteiger partial charge in [0.25, 0.3) is 11.8 Å². The lowest BCUT2D eigenvalue weighted by atomic mass is 9.82. The molecule has 49 heavy (non-hydrogen) atoms. The third kappa shape index (κ3) is 8.83. The number of nitrogens with zero attached hydrogens (tertiary/aromatic N) is 3. The monoisotopic (exact) mass is 679 g/mol. The third-order valence-electron chi connectivity index (χ3n) is 10.7. The van der Waals surface area contributed by atoms with Gasteiger partial charge in [-0.2, -0.15) is 0 Å². The maximum Gasteiger partial charge on any atom is 0.289 e. The summed E-state index contributed by atoms with van der Waals surface area (Å²) in [7, 11) is 0. The van der Waals surface area contributed by atoms with Crippen molar-refractivity contribution in [2.24, 2.45) is 23.2 Å². The molecule has 2 heterocycles. The lowest BCUT2D eigenvalue weighted by Gasteiger charge is -2.38. The fraction of sp³-hybridized carbons (Fsp3) is 0.722. The maximum atomic E-state index is 14.6. The third-order valence-corrected chi connectivity index (χ3v) is 10.7. The van der Waals surface area contributed by atoms with Crippen molar-refractivity contribution >= 4 is 35.3 Å². The highest BCUT2D eigenvalue weighted by atomic mass is 16.2. The van der Waals surface area contributed by atoms with E-state index in [1.165, 1.54) is 18.6 Å². The molecule has 1 aromatic heterocycles. The minimum absolute atomic E-state index is 0.0132. The van der Waals surface area contributed by atoms with Crippen LogP contribution in [-0.2, 0) is 24.0 Å². The van der Waals surface area contributed by atoms with Crippen molar-refractivity contribution in [2.45, 2.75) is 135 Å². The number of likely N-dealkylation sites (tertiary alicyclic amines) is 1. The van der Waals surface area contributed by atoms with E-state index < -0.39 is 59.0 Å². The molecule has 13 heteroatoms. The van der Waals surface area contributed by atoms with Gasteiger partial charge >= 0.3 is 0 Å². The quantitative estimate of drug-likeness (QED) is 0.230. The Labute approximate surface area is 288 Å². The van der Waals surface area contributed by atoms with Gasteiger partial charge in [0.15, 0.2) is 0 Å². The second-order valence-electron chi connectivity index (χ2n) is 15.5. The number of hydrogen-bond acceptors (Lipinski definition) is 8. The molecule has 0 bridgehead atoms. The van der Waals surface area contributed by atoms with Crippen molar-refractivity contribution in [3.05, 3.63) is 24.3 Å². The van der Waals surface area contributed by atoms with Gasteiger partial charge in [0.2, 0.25) is 23.5 Å². The van der Waals surface area contributed by atoms with Gasteiger partial charge in [0, 0.05) is 25.0 Å². The number of rotatable bonds is 13. The first-order valence-corrected chi connectivity index (χ1v) is 18.2.